The van der Waals surface area contributed by atoms with Crippen molar-refractivity contribution in [2.75, 3.05) is 17.7 Å². The van der Waals surface area contributed by atoms with Crippen molar-refractivity contribution in [2.45, 2.75) is 20.3 Å². The standard InChI is InChI=1S/C30H28N2O5/c1-4-20-10-6-8-12-26(20)37-28-16-14-22(21-13-15-27(36-3)23(17-21)29(33)34)18-25(28)32-30(35)31-24-11-7-5-9-19(24)2/h5-18H,4H2,1-3H3,(H,33,34)(H2,31,32,35). The third kappa shape index (κ3) is 5.90. The molecule has 0 unspecified atom stereocenters. The summed E-state index contributed by atoms with van der Waals surface area (Å²) in [5.41, 5.74) is 4.48. The van der Waals surface area contributed by atoms with Crippen LogP contribution in [0.5, 0.6) is 17.2 Å². The molecule has 0 heterocycles. The molecule has 3 N–H and O–H groups in total. The minimum absolute atomic E-state index is 0.0454. The van der Waals surface area contributed by atoms with Crippen LogP contribution in [0.4, 0.5) is 16.2 Å². The Labute approximate surface area is 215 Å². The van der Waals surface area contributed by atoms with Crippen LogP contribution in [0.25, 0.3) is 11.1 Å². The Morgan fingerprint density at radius 2 is 1.43 bits per heavy atom. The van der Waals surface area contributed by atoms with E-state index in [2.05, 4.69) is 10.6 Å². The smallest absolute Gasteiger partial charge is 0.339 e. The Balaban J connectivity index is 1.72. The van der Waals surface area contributed by atoms with Crippen molar-refractivity contribution in [3.05, 3.63) is 102 Å². The highest BCUT2D eigenvalue weighted by Gasteiger charge is 2.16. The number of methoxy groups -OCH3 is 1. The van der Waals surface area contributed by atoms with Crippen molar-refractivity contribution in [1.82, 2.24) is 0 Å². The van der Waals surface area contributed by atoms with E-state index in [0.717, 1.165) is 17.5 Å². The number of anilines is 2. The first kappa shape index (κ1) is 25.3. The first-order chi connectivity index (χ1) is 17.9. The second-order valence-electron chi connectivity index (χ2n) is 8.39. The number of hydrogen-bond donors (Lipinski definition) is 3. The zero-order valence-electron chi connectivity index (χ0n) is 20.9. The number of aromatic carboxylic acids is 1. The first-order valence-corrected chi connectivity index (χ1v) is 11.8. The predicted molar refractivity (Wildman–Crippen MR) is 145 cm³/mol. The number of para-hydroxylation sites is 2. The molecule has 188 valence electrons. The van der Waals surface area contributed by atoms with E-state index in [4.69, 9.17) is 9.47 Å². The van der Waals surface area contributed by atoms with Gasteiger partial charge in [0.2, 0.25) is 0 Å². The van der Waals surface area contributed by atoms with Gasteiger partial charge in [0.15, 0.2) is 5.75 Å². The van der Waals surface area contributed by atoms with Crippen LogP contribution in [0.2, 0.25) is 0 Å². The molecule has 7 nitrogen and oxygen atoms in total. The molecule has 4 aromatic rings. The fraction of sp³-hybridized carbons (Fsp3) is 0.133. The van der Waals surface area contributed by atoms with E-state index in [9.17, 15) is 14.7 Å². The molecule has 0 saturated carbocycles. The van der Waals surface area contributed by atoms with Crippen LogP contribution in [0.3, 0.4) is 0 Å². The number of urea groups is 1. The highest BCUT2D eigenvalue weighted by atomic mass is 16.5. The van der Waals surface area contributed by atoms with E-state index in [1.165, 1.54) is 7.11 Å². The number of ether oxygens (including phenoxy) is 2. The quantitative estimate of drug-likeness (QED) is 0.237. The number of carboxylic acids is 1. The number of carbonyl (C=O) groups is 2. The lowest BCUT2D eigenvalue weighted by atomic mass is 10.0. The molecule has 0 aliphatic carbocycles. The topological polar surface area (TPSA) is 96.9 Å². The zero-order valence-corrected chi connectivity index (χ0v) is 20.9. The molecule has 0 aliphatic rings. The summed E-state index contributed by atoms with van der Waals surface area (Å²) >= 11 is 0. The Morgan fingerprint density at radius 3 is 2.14 bits per heavy atom. The average Bonchev–Trinajstić information content (AvgIpc) is 2.90. The molecule has 7 heteroatoms. The van der Waals surface area contributed by atoms with Crippen LogP contribution < -0.4 is 20.1 Å². The summed E-state index contributed by atoms with van der Waals surface area (Å²) < 4.78 is 11.4. The van der Waals surface area contributed by atoms with E-state index < -0.39 is 12.0 Å². The molecule has 37 heavy (non-hydrogen) atoms. The average molecular weight is 497 g/mol. The predicted octanol–water partition coefficient (Wildman–Crippen LogP) is 7.37. The van der Waals surface area contributed by atoms with E-state index >= 15 is 0 Å². The van der Waals surface area contributed by atoms with E-state index in [1.807, 2.05) is 68.4 Å². The van der Waals surface area contributed by atoms with E-state index in [-0.39, 0.29) is 11.3 Å². The molecule has 0 radical (unpaired) electrons. The minimum atomic E-state index is -1.09. The van der Waals surface area contributed by atoms with Gasteiger partial charge in [-0.1, -0.05) is 55.5 Å². The molecule has 4 aromatic carbocycles. The van der Waals surface area contributed by atoms with Crippen LogP contribution in [-0.2, 0) is 6.42 Å². The van der Waals surface area contributed by atoms with E-state index in [1.54, 1.807) is 30.3 Å². The van der Waals surface area contributed by atoms with Crippen molar-refractivity contribution in [3.8, 4) is 28.4 Å². The van der Waals surface area contributed by atoms with Gasteiger partial charge in [0.25, 0.3) is 0 Å². The van der Waals surface area contributed by atoms with Gasteiger partial charge in [0.05, 0.1) is 12.8 Å². The summed E-state index contributed by atoms with van der Waals surface area (Å²) in [4.78, 5) is 24.7. The first-order valence-electron chi connectivity index (χ1n) is 11.8. The summed E-state index contributed by atoms with van der Waals surface area (Å²) in [5, 5.41) is 15.4. The maximum atomic E-state index is 13.0. The number of nitrogens with one attached hydrogen (secondary N) is 2. The maximum Gasteiger partial charge on any atom is 0.339 e. The fourth-order valence-corrected chi connectivity index (χ4v) is 3.95. The summed E-state index contributed by atoms with van der Waals surface area (Å²) in [6.07, 6.45) is 0.786. The molecule has 0 aromatic heterocycles. The molecule has 0 atom stereocenters. The molecular weight excluding hydrogens is 468 g/mol. The summed E-state index contributed by atoms with van der Waals surface area (Å²) in [6.45, 7) is 3.96. The molecule has 0 aliphatic heterocycles. The largest absolute Gasteiger partial charge is 0.496 e. The zero-order chi connectivity index (χ0) is 26.4. The minimum Gasteiger partial charge on any atom is -0.496 e. The second-order valence-corrected chi connectivity index (χ2v) is 8.39. The van der Waals surface area contributed by atoms with Gasteiger partial charge in [-0.15, -0.1) is 0 Å². The summed E-state index contributed by atoms with van der Waals surface area (Å²) in [5.74, 6) is 0.323. The number of carbonyl (C=O) groups excluding carboxylic acids is 1. The third-order valence-electron chi connectivity index (χ3n) is 5.96. The van der Waals surface area contributed by atoms with Crippen LogP contribution in [-0.4, -0.2) is 24.2 Å². The number of carboxylic acid groups (broad SMARTS) is 1. The number of aryl methyl sites for hydroxylation is 2. The molecule has 0 fully saturated rings. The lowest BCUT2D eigenvalue weighted by Crippen LogP contribution is -2.20. The lowest BCUT2D eigenvalue weighted by molar-refractivity contribution is 0.0693. The van der Waals surface area contributed by atoms with Crippen LogP contribution >= 0.6 is 0 Å². The Hall–Kier alpha value is -4.78. The van der Waals surface area contributed by atoms with Gasteiger partial charge in [-0.05, 0) is 72.0 Å². The number of hydrogen-bond acceptors (Lipinski definition) is 4. The van der Waals surface area contributed by atoms with Gasteiger partial charge in [-0.3, -0.25) is 0 Å². The van der Waals surface area contributed by atoms with Gasteiger partial charge in [0.1, 0.15) is 17.1 Å². The molecule has 0 saturated heterocycles. The van der Waals surface area contributed by atoms with Crippen molar-refractivity contribution in [3.63, 3.8) is 0 Å². The Morgan fingerprint density at radius 1 is 0.784 bits per heavy atom. The van der Waals surface area contributed by atoms with Gasteiger partial charge >= 0.3 is 12.0 Å². The highest BCUT2D eigenvalue weighted by Crippen LogP contribution is 2.36. The summed E-state index contributed by atoms with van der Waals surface area (Å²) in [6, 6.07) is 25.0. The van der Waals surface area contributed by atoms with Crippen LogP contribution in [0.15, 0.2) is 84.9 Å². The third-order valence-corrected chi connectivity index (χ3v) is 5.96. The normalized spacial score (nSPS) is 10.5. The van der Waals surface area contributed by atoms with Crippen molar-refractivity contribution in [1.29, 1.82) is 0 Å². The van der Waals surface area contributed by atoms with Gasteiger partial charge in [0, 0.05) is 5.69 Å². The van der Waals surface area contributed by atoms with Crippen LogP contribution in [0.1, 0.15) is 28.4 Å². The summed E-state index contributed by atoms with van der Waals surface area (Å²) in [7, 11) is 1.43. The number of rotatable bonds is 8. The van der Waals surface area contributed by atoms with E-state index in [0.29, 0.717) is 34.0 Å². The molecule has 2 amide bonds. The SMILES string of the molecule is CCc1ccccc1Oc1ccc(-c2ccc(OC)c(C(=O)O)c2)cc1NC(=O)Nc1ccccc1C. The highest BCUT2D eigenvalue weighted by molar-refractivity contribution is 6.01. The maximum absolute atomic E-state index is 13.0. The fourth-order valence-electron chi connectivity index (χ4n) is 3.95. The number of amides is 2. The Kier molecular flexibility index (Phi) is 7.74. The van der Waals surface area contributed by atoms with Gasteiger partial charge < -0.3 is 25.2 Å². The molecule has 4 rings (SSSR count). The molecular formula is C30H28N2O5. The second kappa shape index (κ2) is 11.3. The molecule has 0 bridgehead atoms. The van der Waals surface area contributed by atoms with Crippen LogP contribution in [0, 0.1) is 6.92 Å². The van der Waals surface area contributed by atoms with Crippen molar-refractivity contribution < 1.29 is 24.2 Å². The molecule has 0 spiro atoms. The van der Waals surface area contributed by atoms with Crippen molar-refractivity contribution in [2.24, 2.45) is 0 Å². The van der Waals surface area contributed by atoms with Gasteiger partial charge in [-0.2, -0.15) is 0 Å². The monoisotopic (exact) mass is 496 g/mol. The lowest BCUT2D eigenvalue weighted by Gasteiger charge is -2.17. The van der Waals surface area contributed by atoms with Crippen molar-refractivity contribution >= 4 is 23.4 Å². The number of benzene rings is 4. The van der Waals surface area contributed by atoms with Gasteiger partial charge in [-0.25, -0.2) is 9.59 Å². The Bertz CT molecular complexity index is 1450.